The molecule has 3 N–H and O–H groups in total. The van der Waals surface area contributed by atoms with Crippen molar-refractivity contribution >= 4 is 17.8 Å². The fraction of sp³-hybridized carbons (Fsp3) is 0.750. The van der Waals surface area contributed by atoms with Crippen LogP contribution < -0.4 is 11.1 Å². The number of rotatable bonds is 8. The van der Waals surface area contributed by atoms with Gasteiger partial charge >= 0.3 is 11.9 Å². The maximum Gasteiger partial charge on any atom is 0.328 e. The predicted octanol–water partition coefficient (Wildman–Crippen LogP) is -0.0685. The number of ether oxygens (including phenoxy) is 2. The summed E-state index contributed by atoms with van der Waals surface area (Å²) >= 11 is 0. The van der Waals surface area contributed by atoms with Gasteiger partial charge in [-0.2, -0.15) is 0 Å². The first-order valence-corrected chi connectivity index (χ1v) is 6.19. The molecule has 0 spiro atoms. The van der Waals surface area contributed by atoms with Gasteiger partial charge in [0.2, 0.25) is 12.7 Å². The fourth-order valence-corrected chi connectivity index (χ4v) is 1.16. The third-order valence-electron chi connectivity index (χ3n) is 3.08. The van der Waals surface area contributed by atoms with Gasteiger partial charge in [0, 0.05) is 0 Å². The molecule has 19 heavy (non-hydrogen) atoms. The van der Waals surface area contributed by atoms with Crippen LogP contribution >= 0.6 is 0 Å². The Morgan fingerprint density at radius 3 is 2.21 bits per heavy atom. The van der Waals surface area contributed by atoms with Crippen molar-refractivity contribution in [2.24, 2.45) is 11.1 Å². The third kappa shape index (κ3) is 6.19. The van der Waals surface area contributed by atoms with Crippen molar-refractivity contribution in [3.05, 3.63) is 0 Å². The molecule has 0 atom stereocenters. The lowest BCUT2D eigenvalue weighted by Gasteiger charge is -2.23. The Hall–Kier alpha value is -1.63. The van der Waals surface area contributed by atoms with E-state index in [1.807, 2.05) is 13.8 Å². The van der Waals surface area contributed by atoms with Gasteiger partial charge in [0.05, 0.1) is 12.0 Å². The predicted molar refractivity (Wildman–Crippen MR) is 67.8 cm³/mol. The molecule has 1 amide bonds. The first-order valence-electron chi connectivity index (χ1n) is 6.19. The summed E-state index contributed by atoms with van der Waals surface area (Å²) in [5.41, 5.74) is 4.47. The highest BCUT2D eigenvalue weighted by Gasteiger charge is 2.31. The van der Waals surface area contributed by atoms with E-state index in [-0.39, 0.29) is 13.1 Å². The van der Waals surface area contributed by atoms with Crippen molar-refractivity contribution in [3.63, 3.8) is 0 Å². The normalized spacial score (nSPS) is 10.7. The van der Waals surface area contributed by atoms with E-state index in [0.29, 0.717) is 12.8 Å². The summed E-state index contributed by atoms with van der Waals surface area (Å²) in [6.45, 7) is 4.61. The Morgan fingerprint density at radius 2 is 1.74 bits per heavy atom. The van der Waals surface area contributed by atoms with Crippen molar-refractivity contribution in [2.75, 3.05) is 19.9 Å². The monoisotopic (exact) mass is 274 g/mol. The lowest BCUT2D eigenvalue weighted by Crippen LogP contribution is -2.35. The van der Waals surface area contributed by atoms with E-state index < -0.39 is 30.1 Å². The second kappa shape index (κ2) is 8.47. The number of nitrogens with one attached hydrogen (secondary N) is 1. The van der Waals surface area contributed by atoms with Crippen LogP contribution in [0.4, 0.5) is 0 Å². The standard InChI is InChI=1S/C12H22N2O5/c1-4-12(3,5-2)11(17)19-8-18-10(16)7-14-9(15)6-13/h4-8,13H2,1-3H3,(H,14,15). The first kappa shape index (κ1) is 17.4. The topological polar surface area (TPSA) is 108 Å². The molecule has 110 valence electrons. The Labute approximate surface area is 112 Å². The number of carbonyl (C=O) groups excluding carboxylic acids is 3. The molecule has 0 aromatic rings. The van der Waals surface area contributed by atoms with E-state index in [0.717, 1.165) is 0 Å². The van der Waals surface area contributed by atoms with Crippen molar-refractivity contribution < 1.29 is 23.9 Å². The van der Waals surface area contributed by atoms with Crippen LogP contribution in [0, 0.1) is 5.41 Å². The molecule has 0 aromatic carbocycles. The van der Waals surface area contributed by atoms with Gasteiger partial charge in [-0.25, -0.2) is 0 Å². The zero-order valence-corrected chi connectivity index (χ0v) is 11.7. The van der Waals surface area contributed by atoms with Gasteiger partial charge in [0.25, 0.3) is 0 Å². The average Bonchev–Trinajstić information content (AvgIpc) is 2.43. The second-order valence-electron chi connectivity index (χ2n) is 4.31. The molecule has 0 aliphatic heterocycles. The van der Waals surface area contributed by atoms with E-state index in [1.54, 1.807) is 6.92 Å². The molecule has 0 aliphatic carbocycles. The van der Waals surface area contributed by atoms with Gasteiger partial charge in [0.1, 0.15) is 6.54 Å². The molecule has 0 saturated heterocycles. The summed E-state index contributed by atoms with van der Waals surface area (Å²) in [5.74, 6) is -1.56. The number of carbonyl (C=O) groups is 3. The minimum absolute atomic E-state index is 0.201. The van der Waals surface area contributed by atoms with E-state index in [4.69, 9.17) is 10.5 Å². The number of hydrogen-bond acceptors (Lipinski definition) is 6. The third-order valence-corrected chi connectivity index (χ3v) is 3.08. The second-order valence-corrected chi connectivity index (χ2v) is 4.31. The Kier molecular flexibility index (Phi) is 7.74. The van der Waals surface area contributed by atoms with Crippen LogP contribution in [0.5, 0.6) is 0 Å². The largest absolute Gasteiger partial charge is 0.427 e. The SMILES string of the molecule is CCC(C)(CC)C(=O)OCOC(=O)CNC(=O)CN. The molecule has 0 bridgehead atoms. The molecule has 0 aliphatic rings. The van der Waals surface area contributed by atoms with Crippen molar-refractivity contribution in [1.82, 2.24) is 5.32 Å². The van der Waals surface area contributed by atoms with Gasteiger partial charge in [-0.3, -0.25) is 14.4 Å². The highest BCUT2D eigenvalue weighted by molar-refractivity contribution is 5.83. The number of nitrogens with two attached hydrogens (primary N) is 1. The minimum atomic E-state index is -0.690. The first-order chi connectivity index (χ1) is 8.89. The zero-order valence-electron chi connectivity index (χ0n) is 11.7. The van der Waals surface area contributed by atoms with Crippen molar-refractivity contribution in [2.45, 2.75) is 33.6 Å². The molecule has 0 heterocycles. The van der Waals surface area contributed by atoms with Gasteiger partial charge in [0.15, 0.2) is 0 Å². The summed E-state index contributed by atoms with van der Waals surface area (Å²) in [7, 11) is 0. The maximum atomic E-state index is 11.7. The molecule has 7 heteroatoms. The van der Waals surface area contributed by atoms with Crippen LogP contribution in [0.25, 0.3) is 0 Å². The number of hydrogen-bond donors (Lipinski definition) is 2. The quantitative estimate of drug-likeness (QED) is 0.474. The smallest absolute Gasteiger partial charge is 0.328 e. The highest BCUT2D eigenvalue weighted by atomic mass is 16.7. The van der Waals surface area contributed by atoms with Crippen LogP contribution in [0.1, 0.15) is 33.6 Å². The summed E-state index contributed by atoms with van der Waals surface area (Å²) in [5, 5.41) is 2.24. The zero-order chi connectivity index (χ0) is 14.9. The summed E-state index contributed by atoms with van der Waals surface area (Å²) in [6.07, 6.45) is 1.28. The van der Waals surface area contributed by atoms with Crippen LogP contribution in [-0.2, 0) is 23.9 Å². The summed E-state index contributed by atoms with van der Waals surface area (Å²) in [6, 6.07) is 0. The molecule has 0 radical (unpaired) electrons. The molecule has 0 unspecified atom stereocenters. The van der Waals surface area contributed by atoms with Crippen LogP contribution in [0.3, 0.4) is 0 Å². The summed E-state index contributed by atoms with van der Waals surface area (Å²) < 4.78 is 9.53. The molecular weight excluding hydrogens is 252 g/mol. The molecule has 0 fully saturated rings. The Balaban J connectivity index is 3.94. The van der Waals surface area contributed by atoms with Crippen LogP contribution in [0.15, 0.2) is 0 Å². The number of esters is 2. The Bertz CT molecular complexity index is 326. The molecule has 7 nitrogen and oxygen atoms in total. The number of amides is 1. The molecular formula is C12H22N2O5. The van der Waals surface area contributed by atoms with Gasteiger partial charge in [-0.1, -0.05) is 13.8 Å². The Morgan fingerprint density at radius 1 is 1.16 bits per heavy atom. The fourth-order valence-electron chi connectivity index (χ4n) is 1.16. The molecule has 0 saturated carbocycles. The molecule has 0 aromatic heterocycles. The van der Waals surface area contributed by atoms with Crippen molar-refractivity contribution in [1.29, 1.82) is 0 Å². The van der Waals surface area contributed by atoms with E-state index in [1.165, 1.54) is 0 Å². The maximum absolute atomic E-state index is 11.7. The van der Waals surface area contributed by atoms with Crippen LogP contribution in [-0.4, -0.2) is 37.7 Å². The minimum Gasteiger partial charge on any atom is -0.427 e. The average molecular weight is 274 g/mol. The van der Waals surface area contributed by atoms with Gasteiger partial charge < -0.3 is 20.5 Å². The van der Waals surface area contributed by atoms with Gasteiger partial charge in [-0.05, 0) is 19.8 Å². The van der Waals surface area contributed by atoms with Crippen molar-refractivity contribution in [3.8, 4) is 0 Å². The van der Waals surface area contributed by atoms with Gasteiger partial charge in [-0.15, -0.1) is 0 Å². The molecule has 0 rings (SSSR count). The van der Waals surface area contributed by atoms with Crippen LogP contribution in [0.2, 0.25) is 0 Å². The summed E-state index contributed by atoms with van der Waals surface area (Å²) in [4.78, 5) is 33.7. The van der Waals surface area contributed by atoms with E-state index in [2.05, 4.69) is 10.1 Å². The lowest BCUT2D eigenvalue weighted by molar-refractivity contribution is -0.174. The van der Waals surface area contributed by atoms with E-state index >= 15 is 0 Å². The van der Waals surface area contributed by atoms with E-state index in [9.17, 15) is 14.4 Å². The lowest BCUT2D eigenvalue weighted by atomic mass is 9.85. The highest BCUT2D eigenvalue weighted by Crippen LogP contribution is 2.26.